The van der Waals surface area contributed by atoms with Crippen molar-refractivity contribution in [3.8, 4) is 0 Å². The van der Waals surface area contributed by atoms with Crippen molar-refractivity contribution in [1.82, 2.24) is 10.3 Å². The zero-order valence-corrected chi connectivity index (χ0v) is 14.5. The van der Waals surface area contributed by atoms with Gasteiger partial charge in [-0.1, -0.05) is 28.4 Å². The Morgan fingerprint density at radius 1 is 1.40 bits per heavy atom. The summed E-state index contributed by atoms with van der Waals surface area (Å²) in [4.78, 5) is 12.2. The molecule has 102 valence electrons. The van der Waals surface area contributed by atoms with Crippen LogP contribution in [-0.2, 0) is 21.1 Å². The van der Waals surface area contributed by atoms with Gasteiger partial charge >= 0.3 is 0 Å². The smallest absolute Gasteiger partial charge is 0.201 e. The summed E-state index contributed by atoms with van der Waals surface area (Å²) in [5, 5.41) is 13.0. The van der Waals surface area contributed by atoms with Gasteiger partial charge < -0.3 is 5.32 Å². The van der Waals surface area contributed by atoms with Gasteiger partial charge in [-0.2, -0.15) is 23.5 Å². The van der Waals surface area contributed by atoms with E-state index in [1.807, 2.05) is 18.4 Å². The molecule has 0 aliphatic heterocycles. The molecule has 3 aromatic rings. The number of aryl methyl sites for hydroxylation is 2. The molecule has 1 N–H and O–H groups in total. The summed E-state index contributed by atoms with van der Waals surface area (Å²) in [6, 6.07) is 6.81. The number of nitrogens with one attached hydrogen (secondary N) is 1. The van der Waals surface area contributed by atoms with Crippen LogP contribution in [0.1, 0.15) is 21.6 Å². The number of carbonyl (C=O) groups excluding carboxylic acids is 1. The Morgan fingerprint density at radius 3 is 2.90 bits per heavy atom. The summed E-state index contributed by atoms with van der Waals surface area (Å²) in [7, 11) is 0. The number of fused-ring (bicyclic) bond motifs is 1. The van der Waals surface area contributed by atoms with Gasteiger partial charge in [0, 0.05) is 21.1 Å². The van der Waals surface area contributed by atoms with Crippen LogP contribution in [0, 0.1) is 19.9 Å². The minimum absolute atomic E-state index is 0. The van der Waals surface area contributed by atoms with E-state index in [0.29, 0.717) is 17.1 Å². The second-order valence-corrected chi connectivity index (χ2v) is 5.06. The van der Waals surface area contributed by atoms with Crippen LogP contribution in [-0.4, -0.2) is 16.2 Å². The number of hydrogen-bond acceptors (Lipinski definition) is 5. The van der Waals surface area contributed by atoms with Gasteiger partial charge in [-0.15, -0.1) is 10.9 Å². The maximum atomic E-state index is 12.2. The number of amides is 1. The molecule has 0 aliphatic carbocycles. The van der Waals surface area contributed by atoms with E-state index in [2.05, 4.69) is 26.3 Å². The van der Waals surface area contributed by atoms with Crippen molar-refractivity contribution in [3.63, 3.8) is 0 Å². The van der Waals surface area contributed by atoms with Crippen LogP contribution in [0.5, 0.6) is 0 Å². The molecule has 0 unspecified atom stereocenters. The minimum Gasteiger partial charge on any atom is -0.313 e. The quantitative estimate of drug-likeness (QED) is 0.603. The molecular weight excluding hydrogens is 446 g/mol. The topological polar surface area (TPSA) is 68.0 Å². The molecule has 0 spiro atoms. The fourth-order valence-electron chi connectivity index (χ4n) is 1.86. The fraction of sp³-hybridized carbons (Fsp3) is 0.154. The largest absolute Gasteiger partial charge is 0.313 e. The van der Waals surface area contributed by atoms with E-state index in [4.69, 9.17) is 0 Å². The van der Waals surface area contributed by atoms with Gasteiger partial charge in [0.25, 0.3) is 0 Å². The van der Waals surface area contributed by atoms with Crippen LogP contribution in [0.4, 0.5) is 5.82 Å². The summed E-state index contributed by atoms with van der Waals surface area (Å²) in [6.45, 7) is 3.64. The Balaban J connectivity index is 0.00000147. The first kappa shape index (κ1) is 14.9. The van der Waals surface area contributed by atoms with Crippen molar-refractivity contribution in [2.45, 2.75) is 13.8 Å². The van der Waals surface area contributed by atoms with Crippen LogP contribution in [0.3, 0.4) is 0 Å². The number of anilines is 1. The molecule has 2 aromatic heterocycles. The van der Waals surface area contributed by atoms with Gasteiger partial charge in [-0.05, 0) is 17.5 Å². The summed E-state index contributed by atoms with van der Waals surface area (Å²) in [5.41, 5.74) is 2.06. The second-order valence-electron chi connectivity index (χ2n) is 4.14. The van der Waals surface area contributed by atoms with Crippen LogP contribution in [0.25, 0.3) is 10.1 Å². The van der Waals surface area contributed by atoms with E-state index in [9.17, 15) is 4.79 Å². The molecular formula is C13H10N3O2SW-. The van der Waals surface area contributed by atoms with Gasteiger partial charge in [0.1, 0.15) is 5.69 Å². The standard InChI is InChI=1S/C13H10N3O2S.W/c1-7-9-5-6-19-11(9)4-3-10(7)13(17)14-12-8(2)15-18-16-12;/h3,5-6H,1-2H3,(H,14,16,17);/q-1;. The molecule has 7 heteroatoms. The van der Waals surface area contributed by atoms with E-state index in [1.54, 1.807) is 24.3 Å². The van der Waals surface area contributed by atoms with E-state index in [-0.39, 0.29) is 27.0 Å². The van der Waals surface area contributed by atoms with Gasteiger partial charge in [0.2, 0.25) is 5.91 Å². The first-order chi connectivity index (χ1) is 9.16. The summed E-state index contributed by atoms with van der Waals surface area (Å²) in [5.74, 6) is 0.107. The number of thiophene rings is 1. The monoisotopic (exact) mass is 456 g/mol. The number of aromatic nitrogens is 2. The fourth-order valence-corrected chi connectivity index (χ4v) is 2.68. The minimum atomic E-state index is -0.236. The van der Waals surface area contributed by atoms with Gasteiger partial charge in [0.15, 0.2) is 5.82 Å². The van der Waals surface area contributed by atoms with Crippen LogP contribution < -0.4 is 5.32 Å². The maximum Gasteiger partial charge on any atom is 0.201 e. The molecule has 5 nitrogen and oxygen atoms in total. The average molecular weight is 456 g/mol. The molecule has 0 saturated heterocycles. The molecule has 0 fully saturated rings. The Labute approximate surface area is 133 Å². The number of rotatable bonds is 2. The molecule has 3 rings (SSSR count). The predicted octanol–water partition coefficient (Wildman–Crippen LogP) is 2.95. The molecule has 0 bridgehead atoms. The van der Waals surface area contributed by atoms with Crippen molar-refractivity contribution < 1.29 is 30.5 Å². The van der Waals surface area contributed by atoms with E-state index in [0.717, 1.165) is 15.6 Å². The van der Waals surface area contributed by atoms with Crippen molar-refractivity contribution in [3.05, 3.63) is 40.4 Å². The van der Waals surface area contributed by atoms with Gasteiger partial charge in [-0.25, -0.2) is 4.63 Å². The van der Waals surface area contributed by atoms with Gasteiger partial charge in [-0.3, -0.25) is 4.79 Å². The normalized spacial score (nSPS) is 10.3. The summed E-state index contributed by atoms with van der Waals surface area (Å²) >= 11 is 1.61. The zero-order chi connectivity index (χ0) is 13.4. The third-order valence-electron chi connectivity index (χ3n) is 2.95. The molecule has 2 heterocycles. The molecule has 20 heavy (non-hydrogen) atoms. The Kier molecular flexibility index (Phi) is 4.35. The molecule has 0 saturated carbocycles. The van der Waals surface area contributed by atoms with Crippen LogP contribution in [0.2, 0.25) is 0 Å². The number of carbonyl (C=O) groups is 1. The molecule has 0 aliphatic rings. The summed E-state index contributed by atoms with van der Waals surface area (Å²) < 4.78 is 5.60. The molecule has 1 amide bonds. The number of nitrogens with zero attached hydrogens (tertiary/aromatic N) is 2. The number of hydrogen-bond donors (Lipinski definition) is 1. The molecule has 0 atom stereocenters. The first-order valence-corrected chi connectivity index (χ1v) is 6.54. The SMILES string of the molecule is Cc1nonc1NC(=O)c1c[c-]c2sccc2c1C.[W]. The van der Waals surface area contributed by atoms with Gasteiger partial charge in [0.05, 0.1) is 0 Å². The average Bonchev–Trinajstić information content (AvgIpc) is 3.00. The zero-order valence-electron chi connectivity index (χ0n) is 10.8. The van der Waals surface area contributed by atoms with Crippen molar-refractivity contribution in [2.24, 2.45) is 0 Å². The van der Waals surface area contributed by atoms with Crippen molar-refractivity contribution in [1.29, 1.82) is 0 Å². The predicted molar refractivity (Wildman–Crippen MR) is 72.4 cm³/mol. The Morgan fingerprint density at radius 2 is 2.20 bits per heavy atom. The Bertz CT molecular complexity index is 766. The summed E-state index contributed by atoms with van der Waals surface area (Å²) in [6.07, 6.45) is 0. The van der Waals surface area contributed by atoms with Crippen LogP contribution >= 0.6 is 11.3 Å². The third-order valence-corrected chi connectivity index (χ3v) is 3.80. The van der Waals surface area contributed by atoms with Crippen molar-refractivity contribution >= 4 is 33.1 Å². The third kappa shape index (κ3) is 2.53. The van der Waals surface area contributed by atoms with Crippen LogP contribution in [0.15, 0.2) is 22.1 Å². The van der Waals surface area contributed by atoms with E-state index >= 15 is 0 Å². The Hall–Kier alpha value is -1.52. The molecule has 0 radical (unpaired) electrons. The first-order valence-electron chi connectivity index (χ1n) is 5.66. The molecule has 1 aromatic carbocycles. The maximum absolute atomic E-state index is 12.2. The van der Waals surface area contributed by atoms with E-state index < -0.39 is 0 Å². The number of benzene rings is 1. The van der Waals surface area contributed by atoms with E-state index in [1.165, 1.54) is 0 Å². The van der Waals surface area contributed by atoms with Crippen molar-refractivity contribution in [2.75, 3.05) is 5.32 Å². The second kappa shape index (κ2) is 5.85.